The van der Waals surface area contributed by atoms with Gasteiger partial charge in [-0.25, -0.2) is 0 Å². The Labute approximate surface area is 222 Å². The number of hydrogen-bond donors (Lipinski definition) is 0. The summed E-state index contributed by atoms with van der Waals surface area (Å²) < 4.78 is 63.1. The summed E-state index contributed by atoms with van der Waals surface area (Å²) in [6, 6.07) is 1.94. The summed E-state index contributed by atoms with van der Waals surface area (Å²) in [5, 5.41) is 0. The fourth-order valence-electron chi connectivity index (χ4n) is 4.36. The molecule has 0 spiro atoms. The highest BCUT2D eigenvalue weighted by Gasteiger charge is 2.45. The standard InChI is InChI=1S/C22H52O11Si3/c1-11-32-17-18-33-22(16-21-36(29-8,30-9)31-10,14-12-19-34(23-2,24-3)25-4)15-13-20-35(26-5,27-6)28-7/h11-21H2,1-10H3. The zero-order valence-corrected chi connectivity index (χ0v) is 27.3. The molecule has 0 N–H and O–H groups in total. The highest BCUT2D eigenvalue weighted by molar-refractivity contribution is 6.61. The first-order chi connectivity index (χ1) is 17.2. The van der Waals surface area contributed by atoms with Gasteiger partial charge in [-0.2, -0.15) is 0 Å². The zero-order valence-electron chi connectivity index (χ0n) is 24.3. The molecule has 0 heterocycles. The SMILES string of the molecule is CCOCCOC(CCC[Si](OC)(OC)OC)(CCC[Si](OC)(OC)OC)CC[Si](OC)(OC)OC. The maximum absolute atomic E-state index is 6.61. The predicted octanol–water partition coefficient (Wildman–Crippen LogP) is 3.36. The van der Waals surface area contributed by atoms with Gasteiger partial charge in [0, 0.05) is 88.7 Å². The van der Waals surface area contributed by atoms with Crippen LogP contribution in [-0.4, -0.2) is 116 Å². The molecule has 0 aromatic carbocycles. The second-order valence-electron chi connectivity index (χ2n) is 8.32. The van der Waals surface area contributed by atoms with Crippen molar-refractivity contribution >= 4 is 26.4 Å². The minimum Gasteiger partial charge on any atom is -0.379 e. The number of rotatable bonds is 25. The lowest BCUT2D eigenvalue weighted by Crippen LogP contribution is -2.47. The third kappa shape index (κ3) is 11.5. The molecule has 11 nitrogen and oxygen atoms in total. The van der Waals surface area contributed by atoms with E-state index in [4.69, 9.17) is 49.3 Å². The minimum absolute atomic E-state index is 0.470. The molecule has 14 heteroatoms. The van der Waals surface area contributed by atoms with E-state index in [0.717, 1.165) is 25.7 Å². The fraction of sp³-hybridized carbons (Fsp3) is 1.00. The van der Waals surface area contributed by atoms with Crippen molar-refractivity contribution in [2.24, 2.45) is 0 Å². The molecular weight excluding hydrogens is 524 g/mol. The van der Waals surface area contributed by atoms with Crippen molar-refractivity contribution in [3.05, 3.63) is 0 Å². The summed E-state index contributed by atoms with van der Waals surface area (Å²) in [7, 11) is 6.41. The Bertz CT molecular complexity index is 483. The summed E-state index contributed by atoms with van der Waals surface area (Å²) in [6.07, 6.45) is 3.78. The maximum Gasteiger partial charge on any atom is 0.500 e. The molecule has 0 aromatic rings. The summed E-state index contributed by atoms with van der Waals surface area (Å²) in [5.74, 6) is 0. The van der Waals surface area contributed by atoms with Crippen LogP contribution in [0.3, 0.4) is 0 Å². The monoisotopic (exact) mass is 576 g/mol. The molecule has 0 amide bonds. The summed E-state index contributed by atoms with van der Waals surface area (Å²) in [5.41, 5.74) is -0.490. The Kier molecular flexibility index (Phi) is 19.4. The quantitative estimate of drug-likeness (QED) is 0.118. The molecule has 0 saturated heterocycles. The van der Waals surface area contributed by atoms with Gasteiger partial charge in [0.15, 0.2) is 0 Å². The van der Waals surface area contributed by atoms with Gasteiger partial charge in [-0.3, -0.25) is 0 Å². The van der Waals surface area contributed by atoms with Crippen LogP contribution < -0.4 is 0 Å². The van der Waals surface area contributed by atoms with Gasteiger partial charge in [0.25, 0.3) is 0 Å². The van der Waals surface area contributed by atoms with E-state index in [1.165, 1.54) is 0 Å². The molecule has 0 atom stereocenters. The largest absolute Gasteiger partial charge is 0.500 e. The van der Waals surface area contributed by atoms with Gasteiger partial charge in [-0.05, 0) is 39.0 Å². The van der Waals surface area contributed by atoms with E-state index < -0.39 is 32.0 Å². The van der Waals surface area contributed by atoms with Crippen LogP contribution in [0.15, 0.2) is 0 Å². The van der Waals surface area contributed by atoms with Gasteiger partial charge < -0.3 is 49.3 Å². The maximum atomic E-state index is 6.61. The lowest BCUT2D eigenvalue weighted by molar-refractivity contribution is -0.0827. The second-order valence-corrected chi connectivity index (χ2v) is 17.6. The third-order valence-electron chi connectivity index (χ3n) is 6.76. The summed E-state index contributed by atoms with van der Waals surface area (Å²) >= 11 is 0. The van der Waals surface area contributed by atoms with E-state index in [-0.39, 0.29) is 0 Å². The molecule has 0 unspecified atom stereocenters. The minimum atomic E-state index is -2.82. The van der Waals surface area contributed by atoms with Gasteiger partial charge in [-0.1, -0.05) is 0 Å². The molecule has 0 aromatic heterocycles. The van der Waals surface area contributed by atoms with Gasteiger partial charge in [0.2, 0.25) is 0 Å². The Morgan fingerprint density at radius 2 is 0.833 bits per heavy atom. The third-order valence-corrected chi connectivity index (χ3v) is 15.1. The van der Waals surface area contributed by atoms with Crippen molar-refractivity contribution in [2.75, 3.05) is 83.8 Å². The van der Waals surface area contributed by atoms with Gasteiger partial charge in [0.05, 0.1) is 18.8 Å². The fourth-order valence-corrected chi connectivity index (χ4v) is 9.68. The summed E-state index contributed by atoms with van der Waals surface area (Å²) in [6.45, 7) is 3.59. The van der Waals surface area contributed by atoms with Gasteiger partial charge in [0.1, 0.15) is 0 Å². The van der Waals surface area contributed by atoms with E-state index in [0.29, 0.717) is 44.4 Å². The lowest BCUT2D eigenvalue weighted by atomic mass is 9.89. The van der Waals surface area contributed by atoms with Gasteiger partial charge in [-0.15, -0.1) is 0 Å². The molecule has 0 aliphatic heterocycles. The zero-order chi connectivity index (χ0) is 27.6. The van der Waals surface area contributed by atoms with Crippen LogP contribution in [-0.2, 0) is 49.3 Å². The van der Waals surface area contributed by atoms with Crippen LogP contribution in [0.25, 0.3) is 0 Å². The Balaban J connectivity index is 5.87. The van der Waals surface area contributed by atoms with Crippen LogP contribution in [0, 0.1) is 0 Å². The van der Waals surface area contributed by atoms with Crippen LogP contribution in [0.2, 0.25) is 18.1 Å². The second kappa shape index (κ2) is 19.3. The highest BCUT2D eigenvalue weighted by atomic mass is 28.4. The van der Waals surface area contributed by atoms with Crippen LogP contribution in [0.1, 0.15) is 39.0 Å². The average molecular weight is 577 g/mol. The number of hydrogen-bond acceptors (Lipinski definition) is 11. The van der Waals surface area contributed by atoms with E-state index in [9.17, 15) is 0 Å². The van der Waals surface area contributed by atoms with E-state index in [2.05, 4.69) is 0 Å². The van der Waals surface area contributed by atoms with E-state index in [1.54, 1.807) is 64.0 Å². The van der Waals surface area contributed by atoms with Gasteiger partial charge >= 0.3 is 26.4 Å². The number of ether oxygens (including phenoxy) is 2. The molecule has 218 valence electrons. The van der Waals surface area contributed by atoms with Crippen molar-refractivity contribution in [1.82, 2.24) is 0 Å². The van der Waals surface area contributed by atoms with Crippen LogP contribution in [0.4, 0.5) is 0 Å². The van der Waals surface area contributed by atoms with Crippen molar-refractivity contribution in [2.45, 2.75) is 62.8 Å². The molecule has 0 aliphatic carbocycles. The molecule has 0 bridgehead atoms. The smallest absolute Gasteiger partial charge is 0.379 e. The molecule has 0 saturated carbocycles. The molecular formula is C22H52O11Si3. The van der Waals surface area contributed by atoms with Crippen LogP contribution >= 0.6 is 0 Å². The summed E-state index contributed by atoms with van der Waals surface area (Å²) in [4.78, 5) is 0. The topological polar surface area (TPSA) is 102 Å². The van der Waals surface area contributed by atoms with Crippen molar-refractivity contribution < 1.29 is 49.3 Å². The van der Waals surface area contributed by atoms with Crippen LogP contribution in [0.5, 0.6) is 0 Å². The molecule has 0 aliphatic rings. The lowest BCUT2D eigenvalue weighted by Gasteiger charge is -2.38. The van der Waals surface area contributed by atoms with E-state index >= 15 is 0 Å². The Morgan fingerprint density at radius 1 is 0.472 bits per heavy atom. The first-order valence-corrected chi connectivity index (χ1v) is 18.2. The Hall–Kier alpha value is 0.211. The predicted molar refractivity (Wildman–Crippen MR) is 143 cm³/mol. The van der Waals surface area contributed by atoms with Crippen molar-refractivity contribution in [3.8, 4) is 0 Å². The first kappa shape index (κ1) is 36.2. The molecule has 0 radical (unpaired) electrons. The van der Waals surface area contributed by atoms with Crippen molar-refractivity contribution in [3.63, 3.8) is 0 Å². The molecule has 36 heavy (non-hydrogen) atoms. The molecule has 0 rings (SSSR count). The average Bonchev–Trinajstić information content (AvgIpc) is 2.93. The molecule has 0 fully saturated rings. The first-order valence-electron chi connectivity index (χ1n) is 12.4. The Morgan fingerprint density at radius 3 is 1.17 bits per heavy atom. The van der Waals surface area contributed by atoms with Crippen molar-refractivity contribution in [1.29, 1.82) is 0 Å². The van der Waals surface area contributed by atoms with E-state index in [1.807, 2.05) is 6.92 Å². The highest BCUT2D eigenvalue weighted by Crippen LogP contribution is 2.36. The normalized spacial score (nSPS) is 13.5.